The molecule has 20 heavy (non-hydrogen) atoms. The average Bonchev–Trinajstić information content (AvgIpc) is 2.81. The molecule has 120 valence electrons. The van der Waals surface area contributed by atoms with E-state index >= 15 is 0 Å². The van der Waals surface area contributed by atoms with Crippen LogP contribution in [0.3, 0.4) is 0 Å². The van der Waals surface area contributed by atoms with E-state index in [1.54, 1.807) is 7.11 Å². The third-order valence-electron chi connectivity index (χ3n) is 4.35. The Labute approximate surface area is 129 Å². The Kier molecular flexibility index (Phi) is 8.07. The molecule has 0 bridgehead atoms. The zero-order valence-electron chi connectivity index (χ0n) is 13.3. The third kappa shape index (κ3) is 5.58. The smallest absolute Gasteiger partial charge is 0.237 e. The third-order valence-corrected chi connectivity index (χ3v) is 4.35. The minimum Gasteiger partial charge on any atom is -0.385 e. The van der Waals surface area contributed by atoms with Crippen LogP contribution in [-0.4, -0.2) is 32.2 Å². The molecule has 4 nitrogen and oxygen atoms in total. The zero-order valence-corrected chi connectivity index (χ0v) is 14.1. The van der Waals surface area contributed by atoms with Crippen molar-refractivity contribution in [2.24, 2.45) is 16.6 Å². The Hall–Kier alpha value is -0.320. The highest BCUT2D eigenvalue weighted by Gasteiger charge is 2.35. The van der Waals surface area contributed by atoms with Gasteiger partial charge in [-0.2, -0.15) is 0 Å². The van der Waals surface area contributed by atoms with Gasteiger partial charge in [-0.25, -0.2) is 0 Å². The number of ether oxygens (including phenoxy) is 1. The van der Waals surface area contributed by atoms with Crippen molar-refractivity contribution in [3.05, 3.63) is 0 Å². The van der Waals surface area contributed by atoms with Gasteiger partial charge < -0.3 is 15.8 Å². The molecule has 0 spiro atoms. The molecule has 0 radical (unpaired) electrons. The lowest BCUT2D eigenvalue weighted by Crippen LogP contribution is -2.50. The number of hydrogen-bond donors (Lipinski definition) is 2. The number of nitrogens with one attached hydrogen (secondary N) is 1. The van der Waals surface area contributed by atoms with Crippen molar-refractivity contribution < 1.29 is 9.53 Å². The maximum atomic E-state index is 12.1. The van der Waals surface area contributed by atoms with Crippen LogP contribution in [0.25, 0.3) is 0 Å². The maximum Gasteiger partial charge on any atom is 0.237 e. The first-order valence-electron chi connectivity index (χ1n) is 7.33. The van der Waals surface area contributed by atoms with Crippen molar-refractivity contribution in [1.82, 2.24) is 5.32 Å². The predicted octanol–water partition coefficient (Wildman–Crippen LogP) is 2.49. The molecule has 0 unspecified atom stereocenters. The fourth-order valence-corrected chi connectivity index (χ4v) is 2.74. The van der Waals surface area contributed by atoms with Crippen LogP contribution >= 0.6 is 12.4 Å². The van der Waals surface area contributed by atoms with Crippen molar-refractivity contribution in [2.75, 3.05) is 20.3 Å². The minimum absolute atomic E-state index is 0. The van der Waals surface area contributed by atoms with Crippen LogP contribution in [0.2, 0.25) is 0 Å². The van der Waals surface area contributed by atoms with E-state index in [2.05, 4.69) is 5.32 Å². The molecule has 5 heteroatoms. The topological polar surface area (TPSA) is 64.3 Å². The SMILES string of the molecule is COCCC1(CNC(=O)[C@@H](N)C(C)(C)C)CCCC1.Cl. The predicted molar refractivity (Wildman–Crippen MR) is 85.1 cm³/mol. The van der Waals surface area contributed by atoms with Crippen LogP contribution in [0.4, 0.5) is 0 Å². The lowest BCUT2D eigenvalue weighted by molar-refractivity contribution is -0.125. The first-order valence-corrected chi connectivity index (χ1v) is 7.33. The van der Waals surface area contributed by atoms with Crippen LogP contribution < -0.4 is 11.1 Å². The first-order chi connectivity index (χ1) is 8.81. The molecular formula is C15H31ClN2O2. The summed E-state index contributed by atoms with van der Waals surface area (Å²) in [7, 11) is 1.73. The fourth-order valence-electron chi connectivity index (χ4n) is 2.74. The summed E-state index contributed by atoms with van der Waals surface area (Å²) >= 11 is 0. The van der Waals surface area contributed by atoms with E-state index in [0.29, 0.717) is 0 Å². The number of carbonyl (C=O) groups excluding carboxylic acids is 1. The highest BCUT2D eigenvalue weighted by Crippen LogP contribution is 2.40. The number of methoxy groups -OCH3 is 1. The molecule has 1 aliphatic carbocycles. The van der Waals surface area contributed by atoms with Gasteiger partial charge in [-0.05, 0) is 30.1 Å². The largest absolute Gasteiger partial charge is 0.385 e. The van der Waals surface area contributed by atoms with E-state index in [1.807, 2.05) is 20.8 Å². The Bertz CT molecular complexity index is 297. The van der Waals surface area contributed by atoms with E-state index in [4.69, 9.17) is 10.5 Å². The Morgan fingerprint density at radius 2 is 1.90 bits per heavy atom. The van der Waals surface area contributed by atoms with E-state index in [-0.39, 0.29) is 29.1 Å². The maximum absolute atomic E-state index is 12.1. The molecule has 1 aliphatic rings. The van der Waals surface area contributed by atoms with Gasteiger partial charge >= 0.3 is 0 Å². The van der Waals surface area contributed by atoms with Crippen LogP contribution in [0, 0.1) is 10.8 Å². The minimum atomic E-state index is -0.451. The van der Waals surface area contributed by atoms with Gasteiger partial charge in [0.2, 0.25) is 5.91 Å². The molecule has 1 atom stereocenters. The average molecular weight is 307 g/mol. The quantitative estimate of drug-likeness (QED) is 0.792. The molecule has 0 aromatic heterocycles. The monoisotopic (exact) mass is 306 g/mol. The van der Waals surface area contributed by atoms with Gasteiger partial charge in [0, 0.05) is 20.3 Å². The molecular weight excluding hydrogens is 276 g/mol. The summed E-state index contributed by atoms with van der Waals surface area (Å²) in [5.41, 5.74) is 6.02. The molecule has 1 rings (SSSR count). The van der Waals surface area contributed by atoms with Crippen LogP contribution in [0.5, 0.6) is 0 Å². The van der Waals surface area contributed by atoms with Gasteiger partial charge in [0.25, 0.3) is 0 Å². The number of rotatable bonds is 6. The molecule has 0 saturated heterocycles. The van der Waals surface area contributed by atoms with E-state index < -0.39 is 6.04 Å². The summed E-state index contributed by atoms with van der Waals surface area (Å²) in [6.45, 7) is 7.48. The molecule has 0 aromatic carbocycles. The van der Waals surface area contributed by atoms with Gasteiger partial charge in [0.1, 0.15) is 0 Å². The Balaban J connectivity index is 0.00000361. The van der Waals surface area contributed by atoms with Crippen molar-refractivity contribution in [1.29, 1.82) is 0 Å². The molecule has 3 N–H and O–H groups in total. The molecule has 0 heterocycles. The van der Waals surface area contributed by atoms with Gasteiger partial charge in [-0.15, -0.1) is 12.4 Å². The summed E-state index contributed by atoms with van der Waals surface area (Å²) in [4.78, 5) is 12.1. The molecule has 1 fully saturated rings. The Morgan fingerprint density at radius 3 is 2.35 bits per heavy atom. The molecule has 1 amide bonds. The number of amides is 1. The summed E-state index contributed by atoms with van der Waals surface area (Å²) in [6, 6.07) is -0.451. The second-order valence-corrected chi connectivity index (χ2v) is 7.01. The highest BCUT2D eigenvalue weighted by molar-refractivity contribution is 5.85. The number of hydrogen-bond acceptors (Lipinski definition) is 3. The van der Waals surface area contributed by atoms with E-state index in [0.717, 1.165) is 19.6 Å². The lowest BCUT2D eigenvalue weighted by Gasteiger charge is -2.31. The van der Waals surface area contributed by atoms with Crippen molar-refractivity contribution >= 4 is 18.3 Å². The van der Waals surface area contributed by atoms with Crippen LogP contribution in [0.15, 0.2) is 0 Å². The number of halogens is 1. The number of carbonyl (C=O) groups is 1. The van der Waals surface area contributed by atoms with Gasteiger partial charge in [0.05, 0.1) is 6.04 Å². The van der Waals surface area contributed by atoms with Gasteiger partial charge in [-0.3, -0.25) is 4.79 Å². The molecule has 1 saturated carbocycles. The summed E-state index contributed by atoms with van der Waals surface area (Å²) in [6.07, 6.45) is 5.90. The van der Waals surface area contributed by atoms with Crippen LogP contribution in [0.1, 0.15) is 52.9 Å². The Morgan fingerprint density at radius 1 is 1.35 bits per heavy atom. The van der Waals surface area contributed by atoms with E-state index in [9.17, 15) is 4.79 Å². The van der Waals surface area contributed by atoms with Gasteiger partial charge in [0.15, 0.2) is 0 Å². The fraction of sp³-hybridized carbons (Fsp3) is 0.933. The second-order valence-electron chi connectivity index (χ2n) is 7.01. The standard InChI is InChI=1S/C15H30N2O2.ClH/c1-14(2,3)12(16)13(18)17-11-15(9-10-19-4)7-5-6-8-15;/h12H,5-11,16H2,1-4H3,(H,17,18);1H/t12-;/m1./s1. The summed E-state index contributed by atoms with van der Waals surface area (Å²) < 4.78 is 5.20. The van der Waals surface area contributed by atoms with Crippen molar-refractivity contribution in [3.63, 3.8) is 0 Å². The van der Waals surface area contributed by atoms with Crippen LogP contribution in [-0.2, 0) is 9.53 Å². The first kappa shape index (κ1) is 19.7. The normalized spacial score (nSPS) is 19.2. The number of nitrogens with two attached hydrogens (primary N) is 1. The van der Waals surface area contributed by atoms with E-state index in [1.165, 1.54) is 25.7 Å². The second kappa shape index (κ2) is 8.20. The zero-order chi connectivity index (χ0) is 14.5. The van der Waals surface area contributed by atoms with Crippen molar-refractivity contribution in [2.45, 2.75) is 58.9 Å². The molecule has 0 aliphatic heterocycles. The van der Waals surface area contributed by atoms with Gasteiger partial charge in [-0.1, -0.05) is 33.6 Å². The summed E-state index contributed by atoms with van der Waals surface area (Å²) in [5, 5.41) is 3.06. The molecule has 0 aromatic rings. The highest BCUT2D eigenvalue weighted by atomic mass is 35.5. The van der Waals surface area contributed by atoms with Crippen molar-refractivity contribution in [3.8, 4) is 0 Å². The summed E-state index contributed by atoms with van der Waals surface area (Å²) in [5.74, 6) is -0.0313. The lowest BCUT2D eigenvalue weighted by atomic mass is 9.82.